The highest BCUT2D eigenvalue weighted by molar-refractivity contribution is 5.99. The molecule has 2 aromatic carbocycles. The number of fused-ring (bicyclic) bond motifs is 2. The molecule has 0 aliphatic heterocycles. The molecular formula is C20H17N5O2. The van der Waals surface area contributed by atoms with Crippen LogP contribution in [-0.4, -0.2) is 33.0 Å². The Hall–Kier alpha value is -3.74. The zero-order valence-electron chi connectivity index (χ0n) is 14.4. The van der Waals surface area contributed by atoms with Crippen molar-refractivity contribution in [3.05, 3.63) is 78.2 Å². The Balaban J connectivity index is 1.33. The third-order valence-electron chi connectivity index (χ3n) is 4.25. The number of nitrogens with one attached hydrogen (secondary N) is 2. The summed E-state index contributed by atoms with van der Waals surface area (Å²) in [5, 5.41) is 15.5. The average molecular weight is 359 g/mol. The Kier molecular flexibility index (Phi) is 4.49. The third-order valence-corrected chi connectivity index (χ3v) is 4.25. The maximum Gasteiger partial charge on any atom is 0.251 e. The minimum absolute atomic E-state index is 0.109. The Labute approximate surface area is 155 Å². The summed E-state index contributed by atoms with van der Waals surface area (Å²) in [7, 11) is 0. The number of carbonyl (C=O) groups excluding carboxylic acids is 2. The Bertz CT molecular complexity index is 1140. The van der Waals surface area contributed by atoms with Gasteiger partial charge in [0.2, 0.25) is 5.91 Å². The van der Waals surface area contributed by atoms with E-state index in [4.69, 9.17) is 0 Å². The fourth-order valence-corrected chi connectivity index (χ4v) is 2.84. The van der Waals surface area contributed by atoms with E-state index in [9.17, 15) is 9.59 Å². The van der Waals surface area contributed by atoms with E-state index in [0.717, 1.165) is 10.8 Å². The van der Waals surface area contributed by atoms with E-state index in [0.29, 0.717) is 17.0 Å². The molecule has 0 bridgehead atoms. The molecule has 0 spiro atoms. The van der Waals surface area contributed by atoms with Crippen molar-refractivity contribution in [3.8, 4) is 0 Å². The highest BCUT2D eigenvalue weighted by Gasteiger charge is 2.10. The van der Waals surface area contributed by atoms with Crippen LogP contribution in [0.5, 0.6) is 0 Å². The Morgan fingerprint density at radius 1 is 0.889 bits per heavy atom. The molecule has 2 N–H and O–H groups in total. The molecule has 0 fully saturated rings. The molecule has 0 saturated carbocycles. The number of carbonyl (C=O) groups is 2. The summed E-state index contributed by atoms with van der Waals surface area (Å²) in [4.78, 5) is 24.3. The third kappa shape index (κ3) is 3.62. The molecule has 0 aliphatic carbocycles. The summed E-state index contributed by atoms with van der Waals surface area (Å²) in [6.45, 7) is 0.123. The molecule has 7 nitrogen and oxygen atoms in total. The van der Waals surface area contributed by atoms with Crippen molar-refractivity contribution in [1.82, 2.24) is 25.2 Å². The molecule has 4 rings (SSSR count). The predicted octanol–water partition coefficient (Wildman–Crippen LogP) is 1.93. The highest BCUT2D eigenvalue weighted by Crippen LogP contribution is 2.15. The summed E-state index contributed by atoms with van der Waals surface area (Å²) in [6, 6.07) is 18.8. The molecule has 4 aromatic rings. The lowest BCUT2D eigenvalue weighted by molar-refractivity contribution is -0.120. The summed E-state index contributed by atoms with van der Waals surface area (Å²) < 4.78 is 1.80. The molecule has 27 heavy (non-hydrogen) atoms. The van der Waals surface area contributed by atoms with Crippen LogP contribution in [0.4, 0.5) is 0 Å². The smallest absolute Gasteiger partial charge is 0.251 e. The summed E-state index contributed by atoms with van der Waals surface area (Å²) in [5.41, 5.74) is 1.23. The monoisotopic (exact) mass is 359 g/mol. The standard InChI is InChI=1S/C20H17N5O2/c26-19(21-12-18-24-23-17-7-3-4-10-25(17)18)13-22-20(27)16-9-8-14-5-1-2-6-15(14)11-16/h1-11H,12-13H2,(H,21,26)(H,22,27). The number of rotatable bonds is 5. The average Bonchev–Trinajstić information content (AvgIpc) is 3.13. The van der Waals surface area contributed by atoms with E-state index in [1.165, 1.54) is 0 Å². The fraction of sp³-hybridized carbons (Fsp3) is 0.100. The second-order valence-electron chi connectivity index (χ2n) is 6.07. The molecular weight excluding hydrogens is 342 g/mol. The molecule has 0 radical (unpaired) electrons. The van der Waals surface area contributed by atoms with Gasteiger partial charge in [0.05, 0.1) is 13.1 Å². The van der Waals surface area contributed by atoms with Crippen LogP contribution in [0.15, 0.2) is 66.9 Å². The maximum absolute atomic E-state index is 12.3. The molecule has 2 aromatic heterocycles. The van der Waals surface area contributed by atoms with Crippen LogP contribution < -0.4 is 10.6 Å². The van der Waals surface area contributed by atoms with Crippen LogP contribution in [0, 0.1) is 0 Å². The van der Waals surface area contributed by atoms with Crippen LogP contribution in [0.25, 0.3) is 16.4 Å². The number of nitrogens with zero attached hydrogens (tertiary/aromatic N) is 3. The van der Waals surface area contributed by atoms with E-state index in [1.807, 2.05) is 60.8 Å². The van der Waals surface area contributed by atoms with E-state index < -0.39 is 0 Å². The molecule has 2 heterocycles. The molecule has 134 valence electrons. The van der Waals surface area contributed by atoms with E-state index in [1.54, 1.807) is 10.5 Å². The van der Waals surface area contributed by atoms with Gasteiger partial charge in [0.1, 0.15) is 0 Å². The number of hydrogen-bond donors (Lipinski definition) is 2. The van der Waals surface area contributed by atoms with Crippen LogP contribution in [0.2, 0.25) is 0 Å². The lowest BCUT2D eigenvalue weighted by Crippen LogP contribution is -2.36. The first-order valence-electron chi connectivity index (χ1n) is 8.53. The van der Waals surface area contributed by atoms with Crippen molar-refractivity contribution >= 4 is 28.2 Å². The van der Waals surface area contributed by atoms with Crippen molar-refractivity contribution in [3.63, 3.8) is 0 Å². The molecule has 0 saturated heterocycles. The number of amides is 2. The second kappa shape index (κ2) is 7.25. The van der Waals surface area contributed by atoms with Gasteiger partial charge in [0, 0.05) is 11.8 Å². The fourth-order valence-electron chi connectivity index (χ4n) is 2.84. The molecule has 0 aliphatic rings. The first-order chi connectivity index (χ1) is 13.2. The topological polar surface area (TPSA) is 88.4 Å². The van der Waals surface area contributed by atoms with Gasteiger partial charge in [-0.25, -0.2) is 0 Å². The van der Waals surface area contributed by atoms with Gasteiger partial charge < -0.3 is 10.6 Å². The van der Waals surface area contributed by atoms with Crippen LogP contribution in [0.1, 0.15) is 16.2 Å². The van der Waals surface area contributed by atoms with Gasteiger partial charge in [0.25, 0.3) is 5.91 Å². The van der Waals surface area contributed by atoms with Crippen LogP contribution >= 0.6 is 0 Å². The van der Waals surface area contributed by atoms with Crippen molar-refractivity contribution in [2.45, 2.75) is 6.54 Å². The molecule has 7 heteroatoms. The lowest BCUT2D eigenvalue weighted by Gasteiger charge is -2.07. The highest BCUT2D eigenvalue weighted by atomic mass is 16.2. The zero-order chi connectivity index (χ0) is 18.6. The molecule has 0 unspecified atom stereocenters. The van der Waals surface area contributed by atoms with Gasteiger partial charge >= 0.3 is 0 Å². The second-order valence-corrected chi connectivity index (χ2v) is 6.07. The minimum atomic E-state index is -0.295. The van der Waals surface area contributed by atoms with Crippen molar-refractivity contribution < 1.29 is 9.59 Å². The molecule has 0 atom stereocenters. The Morgan fingerprint density at radius 2 is 1.70 bits per heavy atom. The van der Waals surface area contributed by atoms with Crippen molar-refractivity contribution in [2.24, 2.45) is 0 Å². The van der Waals surface area contributed by atoms with Gasteiger partial charge in [-0.05, 0) is 35.0 Å². The summed E-state index contributed by atoms with van der Waals surface area (Å²) in [5.74, 6) is 0.0421. The summed E-state index contributed by atoms with van der Waals surface area (Å²) >= 11 is 0. The largest absolute Gasteiger partial charge is 0.347 e. The van der Waals surface area contributed by atoms with Gasteiger partial charge in [-0.15, -0.1) is 10.2 Å². The summed E-state index contributed by atoms with van der Waals surface area (Å²) in [6.07, 6.45) is 1.83. The van der Waals surface area contributed by atoms with Crippen LogP contribution in [-0.2, 0) is 11.3 Å². The number of aromatic nitrogens is 3. The Morgan fingerprint density at radius 3 is 2.59 bits per heavy atom. The predicted molar refractivity (Wildman–Crippen MR) is 101 cm³/mol. The van der Waals surface area contributed by atoms with Gasteiger partial charge in [-0.3, -0.25) is 14.0 Å². The van der Waals surface area contributed by atoms with Gasteiger partial charge in [-0.1, -0.05) is 36.4 Å². The van der Waals surface area contributed by atoms with E-state index >= 15 is 0 Å². The van der Waals surface area contributed by atoms with Gasteiger partial charge in [-0.2, -0.15) is 0 Å². The number of pyridine rings is 1. The zero-order valence-corrected chi connectivity index (χ0v) is 14.4. The first kappa shape index (κ1) is 16.7. The maximum atomic E-state index is 12.3. The number of hydrogen-bond acceptors (Lipinski definition) is 4. The van der Waals surface area contributed by atoms with Crippen molar-refractivity contribution in [2.75, 3.05) is 6.54 Å². The van der Waals surface area contributed by atoms with E-state index in [2.05, 4.69) is 20.8 Å². The van der Waals surface area contributed by atoms with Gasteiger partial charge in [0.15, 0.2) is 11.5 Å². The SMILES string of the molecule is O=C(CNC(=O)c1ccc2ccccc2c1)NCc1nnc2ccccn12. The lowest BCUT2D eigenvalue weighted by atomic mass is 10.1. The normalized spacial score (nSPS) is 10.8. The quantitative estimate of drug-likeness (QED) is 0.570. The number of benzene rings is 2. The first-order valence-corrected chi connectivity index (χ1v) is 8.53. The van der Waals surface area contributed by atoms with E-state index in [-0.39, 0.29) is 24.9 Å². The molecule has 2 amide bonds. The van der Waals surface area contributed by atoms with Crippen molar-refractivity contribution in [1.29, 1.82) is 0 Å². The van der Waals surface area contributed by atoms with Crippen LogP contribution in [0.3, 0.4) is 0 Å². The minimum Gasteiger partial charge on any atom is -0.347 e.